The van der Waals surface area contributed by atoms with Crippen molar-refractivity contribution in [2.24, 2.45) is 0 Å². The number of pyridine rings is 1. The van der Waals surface area contributed by atoms with E-state index in [2.05, 4.69) is 46.1 Å². The highest BCUT2D eigenvalue weighted by atomic mass is 79.9. The number of likely N-dealkylation sites (N-methyl/N-ethyl adjacent to an activating group) is 1. The summed E-state index contributed by atoms with van der Waals surface area (Å²) in [6.07, 6.45) is 2.69. The lowest BCUT2D eigenvalue weighted by molar-refractivity contribution is 0.541. The van der Waals surface area contributed by atoms with E-state index in [1.807, 2.05) is 30.5 Å². The van der Waals surface area contributed by atoms with Crippen LogP contribution >= 0.6 is 27.5 Å². The number of halogens is 2. The van der Waals surface area contributed by atoms with Crippen molar-refractivity contribution in [2.45, 2.75) is 26.3 Å². The molecule has 4 heteroatoms. The zero-order chi connectivity index (χ0) is 14.5. The zero-order valence-electron chi connectivity index (χ0n) is 11.7. The molecule has 2 aromatic rings. The molecule has 0 aliphatic rings. The third-order valence-electron chi connectivity index (χ3n) is 3.27. The van der Waals surface area contributed by atoms with E-state index in [-0.39, 0.29) is 6.04 Å². The average molecular weight is 354 g/mol. The standard InChI is InChI=1S/C16H18BrClN2/c1-3-19-16(9-14-7-5-12(17)10-20-14)15-8-13(18)6-4-11(15)2/h4-8,10,16,19H,3,9H2,1-2H3. The summed E-state index contributed by atoms with van der Waals surface area (Å²) in [6, 6.07) is 10.3. The van der Waals surface area contributed by atoms with Gasteiger partial charge in [0.15, 0.2) is 0 Å². The maximum atomic E-state index is 6.14. The molecule has 2 rings (SSSR count). The largest absolute Gasteiger partial charge is 0.310 e. The SMILES string of the molecule is CCNC(Cc1ccc(Br)cn1)c1cc(Cl)ccc1C. The van der Waals surface area contributed by atoms with Crippen molar-refractivity contribution < 1.29 is 0 Å². The fraction of sp³-hybridized carbons (Fsp3) is 0.312. The lowest BCUT2D eigenvalue weighted by Crippen LogP contribution is -2.24. The number of aryl methyl sites for hydroxylation is 1. The lowest BCUT2D eigenvalue weighted by Gasteiger charge is -2.20. The summed E-state index contributed by atoms with van der Waals surface area (Å²) >= 11 is 9.55. The van der Waals surface area contributed by atoms with E-state index in [4.69, 9.17) is 11.6 Å². The molecular weight excluding hydrogens is 336 g/mol. The number of aromatic nitrogens is 1. The summed E-state index contributed by atoms with van der Waals surface area (Å²) in [4.78, 5) is 4.46. The number of nitrogens with one attached hydrogen (secondary N) is 1. The molecule has 0 bridgehead atoms. The first-order valence-corrected chi connectivity index (χ1v) is 7.87. The zero-order valence-corrected chi connectivity index (χ0v) is 14.0. The van der Waals surface area contributed by atoms with Gasteiger partial charge in [0.25, 0.3) is 0 Å². The van der Waals surface area contributed by atoms with Gasteiger partial charge in [0.1, 0.15) is 0 Å². The minimum absolute atomic E-state index is 0.229. The van der Waals surface area contributed by atoms with Gasteiger partial charge in [-0.2, -0.15) is 0 Å². The second-order valence-corrected chi connectivity index (χ2v) is 6.14. The second kappa shape index (κ2) is 7.21. The fourth-order valence-corrected chi connectivity index (χ4v) is 2.68. The van der Waals surface area contributed by atoms with Crippen molar-refractivity contribution in [3.63, 3.8) is 0 Å². The third kappa shape index (κ3) is 4.05. The minimum Gasteiger partial charge on any atom is -0.310 e. The molecule has 0 aliphatic heterocycles. The van der Waals surface area contributed by atoms with E-state index >= 15 is 0 Å². The van der Waals surface area contributed by atoms with Crippen LogP contribution in [-0.4, -0.2) is 11.5 Å². The van der Waals surface area contributed by atoms with Crippen LogP contribution in [0.4, 0.5) is 0 Å². The first-order chi connectivity index (χ1) is 9.60. The van der Waals surface area contributed by atoms with E-state index in [1.54, 1.807) is 0 Å². The molecule has 0 spiro atoms. The predicted molar refractivity (Wildman–Crippen MR) is 88.2 cm³/mol. The van der Waals surface area contributed by atoms with Crippen molar-refractivity contribution >= 4 is 27.5 Å². The summed E-state index contributed by atoms with van der Waals surface area (Å²) in [5.74, 6) is 0. The van der Waals surface area contributed by atoms with Crippen molar-refractivity contribution in [1.29, 1.82) is 0 Å². The van der Waals surface area contributed by atoms with Gasteiger partial charge in [0.05, 0.1) is 0 Å². The molecule has 1 aromatic heterocycles. The summed E-state index contributed by atoms with van der Waals surface area (Å²) < 4.78 is 1.00. The summed E-state index contributed by atoms with van der Waals surface area (Å²) in [6.45, 7) is 5.14. The van der Waals surface area contributed by atoms with E-state index in [9.17, 15) is 0 Å². The van der Waals surface area contributed by atoms with Gasteiger partial charge in [-0.05, 0) is 64.8 Å². The smallest absolute Gasteiger partial charge is 0.0423 e. The molecule has 0 radical (unpaired) electrons. The van der Waals surface area contributed by atoms with Crippen LogP contribution in [0.15, 0.2) is 41.0 Å². The van der Waals surface area contributed by atoms with Crippen LogP contribution in [0.2, 0.25) is 5.02 Å². The van der Waals surface area contributed by atoms with Crippen LogP contribution in [0.1, 0.15) is 29.8 Å². The van der Waals surface area contributed by atoms with Gasteiger partial charge < -0.3 is 5.32 Å². The predicted octanol–water partition coefficient (Wildman–Crippen LogP) is 4.70. The van der Waals surface area contributed by atoms with E-state index < -0.39 is 0 Å². The summed E-state index contributed by atoms with van der Waals surface area (Å²) in [5.41, 5.74) is 3.56. The van der Waals surface area contributed by atoms with Crippen LogP contribution in [0.5, 0.6) is 0 Å². The Morgan fingerprint density at radius 3 is 2.75 bits per heavy atom. The molecule has 1 atom stereocenters. The third-order valence-corrected chi connectivity index (χ3v) is 3.97. The monoisotopic (exact) mass is 352 g/mol. The van der Waals surface area contributed by atoms with Crippen LogP contribution < -0.4 is 5.32 Å². The topological polar surface area (TPSA) is 24.9 Å². The van der Waals surface area contributed by atoms with Crippen molar-refractivity contribution in [2.75, 3.05) is 6.54 Å². The molecule has 106 valence electrons. The maximum absolute atomic E-state index is 6.14. The Bertz CT molecular complexity index is 569. The first kappa shape index (κ1) is 15.5. The Kier molecular flexibility index (Phi) is 5.58. The Morgan fingerprint density at radius 1 is 1.30 bits per heavy atom. The van der Waals surface area contributed by atoms with Gasteiger partial charge in [0.2, 0.25) is 0 Å². The van der Waals surface area contributed by atoms with Crippen LogP contribution in [0.3, 0.4) is 0 Å². The number of hydrogen-bond acceptors (Lipinski definition) is 2. The molecule has 1 heterocycles. The molecule has 20 heavy (non-hydrogen) atoms. The summed E-state index contributed by atoms with van der Waals surface area (Å²) in [7, 11) is 0. The fourth-order valence-electron chi connectivity index (χ4n) is 2.26. The van der Waals surface area contributed by atoms with Crippen LogP contribution in [0.25, 0.3) is 0 Å². The Hall–Kier alpha value is -0.900. The number of rotatable bonds is 5. The molecular formula is C16H18BrClN2. The number of nitrogens with zero attached hydrogens (tertiary/aromatic N) is 1. The highest BCUT2D eigenvalue weighted by molar-refractivity contribution is 9.10. The maximum Gasteiger partial charge on any atom is 0.0423 e. The van der Waals surface area contributed by atoms with Crippen molar-refractivity contribution in [1.82, 2.24) is 10.3 Å². The number of hydrogen-bond donors (Lipinski definition) is 1. The number of benzene rings is 1. The van der Waals surface area contributed by atoms with Crippen LogP contribution in [0, 0.1) is 6.92 Å². The normalized spacial score (nSPS) is 12.4. The van der Waals surface area contributed by atoms with Gasteiger partial charge in [-0.1, -0.05) is 24.6 Å². The minimum atomic E-state index is 0.229. The Morgan fingerprint density at radius 2 is 2.10 bits per heavy atom. The van der Waals surface area contributed by atoms with Gasteiger partial charge >= 0.3 is 0 Å². The van der Waals surface area contributed by atoms with Gasteiger partial charge in [-0.3, -0.25) is 4.98 Å². The average Bonchev–Trinajstić information content (AvgIpc) is 2.43. The molecule has 0 aliphatic carbocycles. The van der Waals surface area contributed by atoms with Gasteiger partial charge in [-0.15, -0.1) is 0 Å². The second-order valence-electron chi connectivity index (χ2n) is 4.78. The van der Waals surface area contributed by atoms with Crippen LogP contribution in [-0.2, 0) is 6.42 Å². The quantitative estimate of drug-likeness (QED) is 0.843. The lowest BCUT2D eigenvalue weighted by atomic mass is 9.97. The highest BCUT2D eigenvalue weighted by Gasteiger charge is 2.14. The van der Waals surface area contributed by atoms with Crippen molar-refractivity contribution in [3.05, 3.63) is 62.8 Å². The molecule has 0 saturated carbocycles. The molecule has 1 aromatic carbocycles. The van der Waals surface area contributed by atoms with Gasteiger partial charge in [-0.25, -0.2) is 0 Å². The molecule has 2 nitrogen and oxygen atoms in total. The van der Waals surface area contributed by atoms with E-state index in [0.29, 0.717) is 0 Å². The molecule has 0 fully saturated rings. The van der Waals surface area contributed by atoms with Gasteiger partial charge in [0, 0.05) is 33.8 Å². The van der Waals surface area contributed by atoms with E-state index in [1.165, 1.54) is 11.1 Å². The Balaban J connectivity index is 2.26. The first-order valence-electron chi connectivity index (χ1n) is 6.70. The molecule has 0 amide bonds. The Labute approximate surface area is 133 Å². The summed E-state index contributed by atoms with van der Waals surface area (Å²) in [5, 5.41) is 4.29. The molecule has 0 saturated heterocycles. The molecule has 1 N–H and O–H groups in total. The van der Waals surface area contributed by atoms with E-state index in [0.717, 1.165) is 28.2 Å². The molecule has 1 unspecified atom stereocenters. The highest BCUT2D eigenvalue weighted by Crippen LogP contribution is 2.24. The van der Waals surface area contributed by atoms with Crippen molar-refractivity contribution in [3.8, 4) is 0 Å².